The summed E-state index contributed by atoms with van der Waals surface area (Å²) < 4.78 is 12.4. The lowest BCUT2D eigenvalue weighted by molar-refractivity contribution is -0.136. The van der Waals surface area contributed by atoms with E-state index in [1.165, 1.54) is 0 Å². The van der Waals surface area contributed by atoms with Gasteiger partial charge >= 0.3 is 5.97 Å². The zero-order valence-electron chi connectivity index (χ0n) is 14.8. The highest BCUT2D eigenvalue weighted by Gasteiger charge is 2.22. The molecule has 0 aromatic heterocycles. The maximum atomic E-state index is 11.8. The number of ether oxygens (including phenoxy) is 2. The predicted octanol–water partition coefficient (Wildman–Crippen LogP) is 5.40. The van der Waals surface area contributed by atoms with Gasteiger partial charge in [-0.3, -0.25) is 0 Å². The molecule has 0 aliphatic carbocycles. The highest BCUT2D eigenvalue weighted by atomic mass is 79.9. The fraction of sp³-hybridized carbons (Fsp3) is 0.200. The number of nitrogens with zero attached hydrogens (tertiary/aromatic N) is 1. The summed E-state index contributed by atoms with van der Waals surface area (Å²) in [6, 6.07) is 11.1. The van der Waals surface area contributed by atoms with Crippen LogP contribution < -0.4 is 9.47 Å². The van der Waals surface area contributed by atoms with E-state index < -0.39 is 5.97 Å². The van der Waals surface area contributed by atoms with Crippen LogP contribution in [0.2, 0.25) is 5.02 Å². The third-order valence-electron chi connectivity index (χ3n) is 3.79. The van der Waals surface area contributed by atoms with Gasteiger partial charge in [0.1, 0.15) is 6.61 Å². The van der Waals surface area contributed by atoms with Crippen molar-refractivity contribution in [2.45, 2.75) is 20.5 Å². The molecule has 140 valence electrons. The normalized spacial score (nSPS) is 14.9. The van der Waals surface area contributed by atoms with Crippen molar-refractivity contribution < 1.29 is 19.1 Å². The summed E-state index contributed by atoms with van der Waals surface area (Å²) in [6.07, 6.45) is 1.71. The van der Waals surface area contributed by atoms with Crippen LogP contribution in [0.5, 0.6) is 11.5 Å². The SMILES string of the molecule is CCOc1cc(/C=C2/C(=O)ON=C2C)cc(Br)c1OCc1cccc(Cl)c1. The molecule has 0 bridgehead atoms. The molecule has 27 heavy (non-hydrogen) atoms. The van der Waals surface area contributed by atoms with Crippen molar-refractivity contribution in [1.82, 2.24) is 0 Å². The molecule has 0 saturated carbocycles. The lowest BCUT2D eigenvalue weighted by Crippen LogP contribution is -2.03. The van der Waals surface area contributed by atoms with E-state index >= 15 is 0 Å². The highest BCUT2D eigenvalue weighted by molar-refractivity contribution is 9.10. The number of oxime groups is 1. The van der Waals surface area contributed by atoms with Gasteiger partial charge in [-0.25, -0.2) is 4.79 Å². The lowest BCUT2D eigenvalue weighted by atomic mass is 10.1. The van der Waals surface area contributed by atoms with Crippen LogP contribution in [0.3, 0.4) is 0 Å². The lowest BCUT2D eigenvalue weighted by Gasteiger charge is -2.15. The molecule has 1 aliphatic heterocycles. The molecular formula is C20H17BrClNO4. The van der Waals surface area contributed by atoms with E-state index in [0.29, 0.717) is 45.5 Å². The Morgan fingerprint density at radius 1 is 1.26 bits per heavy atom. The molecule has 0 N–H and O–H groups in total. The van der Waals surface area contributed by atoms with Crippen LogP contribution in [0.25, 0.3) is 6.08 Å². The number of rotatable bonds is 6. The number of hydrogen-bond donors (Lipinski definition) is 0. The second-order valence-electron chi connectivity index (χ2n) is 5.80. The van der Waals surface area contributed by atoms with Crippen LogP contribution in [0.4, 0.5) is 0 Å². The molecule has 3 rings (SSSR count). The molecule has 1 heterocycles. The van der Waals surface area contributed by atoms with Crippen molar-refractivity contribution in [3.8, 4) is 11.5 Å². The Labute approximate surface area is 170 Å². The zero-order chi connectivity index (χ0) is 19.4. The molecule has 0 saturated heterocycles. The Morgan fingerprint density at radius 2 is 2.07 bits per heavy atom. The predicted molar refractivity (Wildman–Crippen MR) is 108 cm³/mol. The minimum absolute atomic E-state index is 0.345. The minimum atomic E-state index is -0.470. The van der Waals surface area contributed by atoms with E-state index in [1.807, 2.05) is 43.3 Å². The van der Waals surface area contributed by atoms with E-state index in [2.05, 4.69) is 25.9 Å². The first-order chi connectivity index (χ1) is 13.0. The fourth-order valence-corrected chi connectivity index (χ4v) is 3.33. The van der Waals surface area contributed by atoms with E-state index in [9.17, 15) is 4.79 Å². The summed E-state index contributed by atoms with van der Waals surface area (Å²) in [5.74, 6) is 0.683. The van der Waals surface area contributed by atoms with Gasteiger partial charge in [-0.15, -0.1) is 0 Å². The van der Waals surface area contributed by atoms with Crippen LogP contribution >= 0.6 is 27.5 Å². The number of hydrogen-bond acceptors (Lipinski definition) is 5. The third-order valence-corrected chi connectivity index (χ3v) is 4.61. The molecule has 0 spiro atoms. The van der Waals surface area contributed by atoms with Gasteiger partial charge in [0.15, 0.2) is 11.5 Å². The maximum Gasteiger partial charge on any atom is 0.367 e. The Hall–Kier alpha value is -2.31. The largest absolute Gasteiger partial charge is 0.490 e. The van der Waals surface area contributed by atoms with Crippen molar-refractivity contribution >= 4 is 45.3 Å². The second kappa shape index (κ2) is 8.59. The van der Waals surface area contributed by atoms with Gasteiger partial charge in [-0.2, -0.15) is 0 Å². The maximum absolute atomic E-state index is 11.8. The van der Waals surface area contributed by atoms with Crippen molar-refractivity contribution in [3.63, 3.8) is 0 Å². The topological polar surface area (TPSA) is 57.1 Å². The Balaban J connectivity index is 1.89. The molecule has 5 nitrogen and oxygen atoms in total. The molecule has 0 amide bonds. The van der Waals surface area contributed by atoms with Crippen LogP contribution in [0.1, 0.15) is 25.0 Å². The van der Waals surface area contributed by atoms with Gasteiger partial charge in [0.25, 0.3) is 0 Å². The van der Waals surface area contributed by atoms with Crippen LogP contribution in [-0.2, 0) is 16.2 Å². The van der Waals surface area contributed by atoms with Gasteiger partial charge < -0.3 is 14.3 Å². The van der Waals surface area contributed by atoms with Gasteiger partial charge in [0.2, 0.25) is 0 Å². The summed E-state index contributed by atoms with van der Waals surface area (Å²) >= 11 is 9.55. The van der Waals surface area contributed by atoms with E-state index in [4.69, 9.17) is 21.1 Å². The van der Waals surface area contributed by atoms with Crippen LogP contribution in [0, 0.1) is 0 Å². The Bertz CT molecular complexity index is 940. The van der Waals surface area contributed by atoms with E-state index in [1.54, 1.807) is 13.0 Å². The molecule has 0 radical (unpaired) electrons. The summed E-state index contributed by atoms with van der Waals surface area (Å²) in [7, 11) is 0. The van der Waals surface area contributed by atoms with Crippen molar-refractivity contribution in [2.75, 3.05) is 6.61 Å². The standard InChI is InChI=1S/C20H17BrClNO4/c1-3-25-18-10-14(8-16-12(2)23-27-20(16)24)9-17(21)19(18)26-11-13-5-4-6-15(22)7-13/h4-10H,3,11H2,1-2H3/b16-8+. The minimum Gasteiger partial charge on any atom is -0.490 e. The summed E-state index contributed by atoms with van der Waals surface area (Å²) in [5, 5.41) is 4.34. The van der Waals surface area contributed by atoms with Crippen molar-refractivity contribution in [3.05, 3.63) is 62.6 Å². The number of carbonyl (C=O) groups is 1. The molecule has 1 aliphatic rings. The number of carbonyl (C=O) groups excluding carboxylic acids is 1. The monoisotopic (exact) mass is 449 g/mol. The van der Waals surface area contributed by atoms with Gasteiger partial charge in [-0.05, 0) is 71.2 Å². The highest BCUT2D eigenvalue weighted by Crippen LogP contribution is 2.38. The first-order valence-electron chi connectivity index (χ1n) is 8.29. The molecule has 0 unspecified atom stereocenters. The zero-order valence-corrected chi connectivity index (χ0v) is 17.1. The third kappa shape index (κ3) is 4.70. The average molecular weight is 451 g/mol. The molecule has 7 heteroatoms. The molecular weight excluding hydrogens is 434 g/mol. The second-order valence-corrected chi connectivity index (χ2v) is 7.09. The Morgan fingerprint density at radius 3 is 2.74 bits per heavy atom. The number of benzene rings is 2. The summed E-state index contributed by atoms with van der Waals surface area (Å²) in [6.45, 7) is 4.43. The average Bonchev–Trinajstić information content (AvgIpc) is 2.93. The fourth-order valence-electron chi connectivity index (χ4n) is 2.54. The summed E-state index contributed by atoms with van der Waals surface area (Å²) in [5.41, 5.74) is 2.67. The first-order valence-corrected chi connectivity index (χ1v) is 9.46. The van der Waals surface area contributed by atoms with Gasteiger partial charge in [-0.1, -0.05) is 28.9 Å². The Kier molecular flexibility index (Phi) is 6.19. The van der Waals surface area contributed by atoms with Crippen LogP contribution in [-0.4, -0.2) is 18.3 Å². The number of halogens is 2. The molecule has 0 fully saturated rings. The van der Waals surface area contributed by atoms with Crippen LogP contribution in [0.15, 0.2) is 51.6 Å². The first kappa shape index (κ1) is 19.5. The van der Waals surface area contributed by atoms with E-state index in [-0.39, 0.29) is 0 Å². The van der Waals surface area contributed by atoms with Crippen molar-refractivity contribution in [1.29, 1.82) is 0 Å². The smallest absolute Gasteiger partial charge is 0.367 e. The molecule has 2 aromatic rings. The summed E-state index contributed by atoms with van der Waals surface area (Å²) in [4.78, 5) is 16.4. The van der Waals surface area contributed by atoms with Gasteiger partial charge in [0, 0.05) is 5.02 Å². The van der Waals surface area contributed by atoms with Gasteiger partial charge in [0.05, 0.1) is 22.4 Å². The van der Waals surface area contributed by atoms with Crippen molar-refractivity contribution in [2.24, 2.45) is 5.16 Å². The quantitative estimate of drug-likeness (QED) is 0.437. The van der Waals surface area contributed by atoms with E-state index in [0.717, 1.165) is 11.1 Å². The molecule has 0 atom stereocenters. The molecule has 2 aromatic carbocycles.